The van der Waals surface area contributed by atoms with E-state index >= 15 is 0 Å². The predicted molar refractivity (Wildman–Crippen MR) is 120 cm³/mol. The molecular weight excluding hydrogens is 472 g/mol. The topological polar surface area (TPSA) is 42.2 Å². The second-order valence-corrected chi connectivity index (χ2v) is 8.28. The van der Waals surface area contributed by atoms with Crippen molar-refractivity contribution in [3.05, 3.63) is 106 Å². The summed E-state index contributed by atoms with van der Waals surface area (Å²) in [4.78, 5) is 13.3. The normalized spacial score (nSPS) is 12.8. The zero-order chi connectivity index (χ0) is 25.6. The van der Waals surface area contributed by atoms with Gasteiger partial charge in [0.2, 0.25) is 0 Å². The van der Waals surface area contributed by atoms with Gasteiger partial charge >= 0.3 is 12.4 Å². The number of pyridine rings is 1. The van der Waals surface area contributed by atoms with Crippen molar-refractivity contribution in [2.45, 2.75) is 31.4 Å². The number of aryl methyl sites for hydroxylation is 1. The summed E-state index contributed by atoms with van der Waals surface area (Å²) in [6.45, 7) is 2.04. The third-order valence-electron chi connectivity index (χ3n) is 5.90. The summed E-state index contributed by atoms with van der Waals surface area (Å²) < 4.78 is 81.0. The molecule has 0 spiro atoms. The van der Waals surface area contributed by atoms with Gasteiger partial charge in [0.1, 0.15) is 0 Å². The van der Waals surface area contributed by atoms with E-state index in [1.807, 2.05) is 31.2 Å². The molecule has 3 aromatic carbocycles. The molecule has 1 heterocycles. The second-order valence-electron chi connectivity index (χ2n) is 8.28. The van der Waals surface area contributed by atoms with Crippen LogP contribution in [0.2, 0.25) is 0 Å². The van der Waals surface area contributed by atoms with Crippen LogP contribution in [-0.4, -0.2) is 22.0 Å². The molecule has 1 N–H and O–H groups in total. The minimum Gasteiger partial charge on any atom is -0.369 e. The van der Waals surface area contributed by atoms with Gasteiger partial charge < -0.3 is 9.67 Å². The van der Waals surface area contributed by atoms with E-state index in [9.17, 15) is 36.2 Å². The van der Waals surface area contributed by atoms with Crippen molar-refractivity contribution in [1.82, 2.24) is 4.57 Å². The van der Waals surface area contributed by atoms with Crippen molar-refractivity contribution in [2.24, 2.45) is 0 Å². The SMILES string of the molecule is Cc1ccc(Cn2c(-c3ccc(C(O)(C(F)(F)F)C(F)(F)F)cc3)cc3ccccc3c2=O)cc1. The van der Waals surface area contributed by atoms with Crippen LogP contribution in [0.15, 0.2) is 83.7 Å². The average Bonchev–Trinajstić information content (AvgIpc) is 2.80. The quantitative estimate of drug-likeness (QED) is 0.339. The smallest absolute Gasteiger partial charge is 0.369 e. The Balaban J connectivity index is 1.88. The first-order valence-corrected chi connectivity index (χ1v) is 10.5. The van der Waals surface area contributed by atoms with E-state index in [4.69, 9.17) is 0 Å². The van der Waals surface area contributed by atoms with Crippen molar-refractivity contribution < 1.29 is 31.4 Å². The lowest BCUT2D eigenvalue weighted by molar-refractivity contribution is -0.376. The minimum absolute atomic E-state index is 0.135. The Morgan fingerprint density at radius 3 is 1.94 bits per heavy atom. The Bertz CT molecular complexity index is 1400. The van der Waals surface area contributed by atoms with Crippen LogP contribution < -0.4 is 5.56 Å². The number of aliphatic hydroxyl groups is 1. The van der Waals surface area contributed by atoms with Crippen LogP contribution in [0.5, 0.6) is 0 Å². The van der Waals surface area contributed by atoms with Crippen LogP contribution in [0.25, 0.3) is 22.0 Å². The fraction of sp³-hybridized carbons (Fsp3) is 0.192. The van der Waals surface area contributed by atoms with E-state index in [2.05, 4.69) is 0 Å². The lowest BCUT2D eigenvalue weighted by atomic mass is 9.91. The summed E-state index contributed by atoms with van der Waals surface area (Å²) in [7, 11) is 0. The van der Waals surface area contributed by atoms with Crippen LogP contribution in [0.1, 0.15) is 16.7 Å². The number of nitrogens with zero attached hydrogens (tertiary/aromatic N) is 1. The molecule has 9 heteroatoms. The van der Waals surface area contributed by atoms with Gasteiger partial charge in [0.25, 0.3) is 11.2 Å². The molecule has 0 saturated heterocycles. The standard InChI is InChI=1S/C26H19F6NO2/c1-16-6-8-17(9-7-16)15-33-22(14-19-4-2-3-5-21(19)23(33)34)18-10-12-20(13-11-18)24(35,25(27,28)29)26(30,31)32/h2-14,35H,15H2,1H3. The zero-order valence-electron chi connectivity index (χ0n) is 18.3. The van der Waals surface area contributed by atoms with Crippen molar-refractivity contribution in [3.63, 3.8) is 0 Å². The van der Waals surface area contributed by atoms with Crippen molar-refractivity contribution in [1.29, 1.82) is 0 Å². The van der Waals surface area contributed by atoms with Crippen LogP contribution in [0.4, 0.5) is 26.3 Å². The lowest BCUT2D eigenvalue weighted by Gasteiger charge is -2.32. The highest BCUT2D eigenvalue weighted by atomic mass is 19.4. The maximum atomic E-state index is 13.3. The van der Waals surface area contributed by atoms with Gasteiger partial charge in [0.15, 0.2) is 0 Å². The first-order chi connectivity index (χ1) is 16.3. The summed E-state index contributed by atoms with van der Waals surface area (Å²) in [6.07, 6.45) is -12.0. The van der Waals surface area contributed by atoms with Gasteiger partial charge in [0, 0.05) is 10.9 Å². The summed E-state index contributed by atoms with van der Waals surface area (Å²) >= 11 is 0. The Morgan fingerprint density at radius 2 is 1.37 bits per heavy atom. The highest BCUT2D eigenvalue weighted by molar-refractivity contribution is 5.85. The molecule has 182 valence electrons. The Morgan fingerprint density at radius 1 is 0.800 bits per heavy atom. The summed E-state index contributed by atoms with van der Waals surface area (Å²) in [5, 5.41) is 10.7. The van der Waals surface area contributed by atoms with E-state index < -0.39 is 23.5 Å². The fourth-order valence-electron chi connectivity index (χ4n) is 3.94. The van der Waals surface area contributed by atoms with E-state index in [0.717, 1.165) is 23.3 Å². The largest absolute Gasteiger partial charge is 0.430 e. The minimum atomic E-state index is -5.98. The average molecular weight is 491 g/mol. The third kappa shape index (κ3) is 4.32. The number of rotatable bonds is 4. The van der Waals surface area contributed by atoms with Crippen LogP contribution in [0, 0.1) is 6.92 Å². The molecule has 0 bridgehead atoms. The molecule has 0 radical (unpaired) electrons. The maximum Gasteiger partial charge on any atom is 0.430 e. The number of halogens is 6. The van der Waals surface area contributed by atoms with Gasteiger partial charge in [-0.05, 0) is 35.6 Å². The highest BCUT2D eigenvalue weighted by Crippen LogP contribution is 2.50. The van der Waals surface area contributed by atoms with Gasteiger partial charge in [0.05, 0.1) is 12.2 Å². The monoisotopic (exact) mass is 491 g/mol. The Labute approximate surface area is 195 Å². The predicted octanol–water partition coefficient (Wildman–Crippen LogP) is 6.34. The molecule has 0 amide bonds. The molecule has 4 aromatic rings. The number of benzene rings is 3. The Hall–Kier alpha value is -3.59. The maximum absolute atomic E-state index is 13.3. The molecule has 4 rings (SSSR count). The van der Waals surface area contributed by atoms with E-state index in [1.54, 1.807) is 30.3 Å². The summed E-state index contributed by atoms with van der Waals surface area (Å²) in [5.74, 6) is 0. The number of alkyl halides is 6. The van der Waals surface area contributed by atoms with Crippen molar-refractivity contribution >= 4 is 10.8 Å². The number of aromatic nitrogens is 1. The number of hydrogen-bond donors (Lipinski definition) is 1. The molecule has 0 fully saturated rings. The van der Waals surface area contributed by atoms with Gasteiger partial charge in [-0.15, -0.1) is 0 Å². The van der Waals surface area contributed by atoms with Crippen LogP contribution >= 0.6 is 0 Å². The molecule has 1 aromatic heterocycles. The van der Waals surface area contributed by atoms with Crippen molar-refractivity contribution in [2.75, 3.05) is 0 Å². The molecule has 0 saturated carbocycles. The van der Waals surface area contributed by atoms with Gasteiger partial charge in [-0.2, -0.15) is 26.3 Å². The summed E-state index contributed by atoms with van der Waals surface area (Å²) in [5.41, 5.74) is -4.42. The van der Waals surface area contributed by atoms with E-state index in [1.165, 1.54) is 4.57 Å². The van der Waals surface area contributed by atoms with Gasteiger partial charge in [-0.3, -0.25) is 4.79 Å². The van der Waals surface area contributed by atoms with Gasteiger partial charge in [-0.25, -0.2) is 0 Å². The van der Waals surface area contributed by atoms with Gasteiger partial charge in [-0.1, -0.05) is 72.3 Å². The Kier molecular flexibility index (Phi) is 6.00. The molecule has 0 atom stereocenters. The molecule has 0 aliphatic heterocycles. The lowest BCUT2D eigenvalue weighted by Crippen LogP contribution is -2.53. The number of hydrogen-bond acceptors (Lipinski definition) is 2. The van der Waals surface area contributed by atoms with E-state index in [0.29, 0.717) is 28.6 Å². The molecule has 3 nitrogen and oxygen atoms in total. The second kappa shape index (κ2) is 8.57. The molecule has 0 aliphatic carbocycles. The van der Waals surface area contributed by atoms with Crippen LogP contribution in [-0.2, 0) is 12.1 Å². The number of fused-ring (bicyclic) bond motifs is 1. The van der Waals surface area contributed by atoms with E-state index in [-0.39, 0.29) is 17.7 Å². The first-order valence-electron chi connectivity index (χ1n) is 10.5. The first kappa shape index (κ1) is 24.5. The fourth-order valence-corrected chi connectivity index (χ4v) is 3.94. The van der Waals surface area contributed by atoms with Crippen molar-refractivity contribution in [3.8, 4) is 11.3 Å². The molecular formula is C26H19F6NO2. The molecule has 35 heavy (non-hydrogen) atoms. The molecule has 0 unspecified atom stereocenters. The zero-order valence-corrected chi connectivity index (χ0v) is 18.3. The van der Waals surface area contributed by atoms with Crippen LogP contribution in [0.3, 0.4) is 0 Å². The molecule has 0 aliphatic rings. The third-order valence-corrected chi connectivity index (χ3v) is 5.90. The summed E-state index contributed by atoms with van der Waals surface area (Å²) in [6, 6.07) is 19.0. The highest BCUT2D eigenvalue weighted by Gasteiger charge is 2.71.